The minimum atomic E-state index is -0.421. The molecule has 2 aromatic carbocycles. The summed E-state index contributed by atoms with van der Waals surface area (Å²) in [5.74, 6) is 0.496. The highest BCUT2D eigenvalue weighted by molar-refractivity contribution is 5.84. The molecule has 1 aromatic heterocycles. The quantitative estimate of drug-likeness (QED) is 0.596. The minimum Gasteiger partial charge on any atom is -0.465 e. The Morgan fingerprint density at radius 2 is 1.72 bits per heavy atom. The van der Waals surface area contributed by atoms with E-state index in [1.54, 1.807) is 11.8 Å². The van der Waals surface area contributed by atoms with Crippen LogP contribution in [0.5, 0.6) is 0 Å². The molecule has 168 valence electrons. The Bertz CT molecular complexity index is 1080. The molecule has 0 unspecified atom stereocenters. The third kappa shape index (κ3) is 5.29. The van der Waals surface area contributed by atoms with Gasteiger partial charge in [0.25, 0.3) is 0 Å². The van der Waals surface area contributed by atoms with Crippen molar-refractivity contribution in [3.05, 3.63) is 59.9 Å². The number of amides is 2. The van der Waals surface area contributed by atoms with Crippen LogP contribution < -0.4 is 5.32 Å². The van der Waals surface area contributed by atoms with Crippen molar-refractivity contribution in [3.8, 4) is 11.1 Å². The minimum absolute atomic E-state index is 0.101. The maximum absolute atomic E-state index is 12.2. The monoisotopic (exact) mass is 435 g/mol. The Labute approximate surface area is 187 Å². The first-order valence-electron chi connectivity index (χ1n) is 11.0. The zero-order chi connectivity index (χ0) is 22.5. The van der Waals surface area contributed by atoms with Crippen molar-refractivity contribution in [1.82, 2.24) is 15.1 Å². The van der Waals surface area contributed by atoms with E-state index in [2.05, 4.69) is 59.6 Å². The van der Waals surface area contributed by atoms with E-state index >= 15 is 0 Å². The molecule has 0 bridgehead atoms. The second-order valence-corrected chi connectivity index (χ2v) is 8.06. The Morgan fingerprint density at radius 3 is 2.44 bits per heavy atom. The normalized spacial score (nSPS) is 14.5. The van der Waals surface area contributed by atoms with Gasteiger partial charge in [-0.2, -0.15) is 0 Å². The van der Waals surface area contributed by atoms with Crippen LogP contribution in [0.3, 0.4) is 0 Å². The molecular weight excluding hydrogens is 406 g/mol. The van der Waals surface area contributed by atoms with Gasteiger partial charge in [0.05, 0.1) is 13.2 Å². The van der Waals surface area contributed by atoms with Crippen LogP contribution in [0.1, 0.15) is 18.2 Å². The van der Waals surface area contributed by atoms with E-state index in [1.807, 2.05) is 6.07 Å². The van der Waals surface area contributed by atoms with E-state index in [4.69, 9.17) is 9.15 Å². The molecule has 32 heavy (non-hydrogen) atoms. The maximum Gasteiger partial charge on any atom is 0.325 e. The van der Waals surface area contributed by atoms with Gasteiger partial charge in [-0.25, -0.2) is 4.79 Å². The average molecular weight is 436 g/mol. The van der Waals surface area contributed by atoms with E-state index in [9.17, 15) is 9.59 Å². The zero-order valence-electron chi connectivity index (χ0n) is 18.6. The molecule has 3 aromatic rings. The summed E-state index contributed by atoms with van der Waals surface area (Å²) in [4.78, 5) is 27.6. The molecule has 4 rings (SSSR count). The number of urea groups is 1. The topological polar surface area (TPSA) is 75.0 Å². The standard InChI is InChI=1S/C25H29N3O4/c1-3-31-24(29)16-26-25(30)28-12-10-27(11-13-28)17-22-15-21-14-20(8-9-23(21)32-22)19-6-4-18(2)5-7-19/h4-9,14-15H,3,10-13,16-17H2,1-2H3,(H,26,30). The lowest BCUT2D eigenvalue weighted by atomic mass is 10.0. The number of benzene rings is 2. The molecule has 0 spiro atoms. The van der Waals surface area contributed by atoms with Gasteiger partial charge in [-0.15, -0.1) is 0 Å². The smallest absolute Gasteiger partial charge is 0.325 e. The molecular formula is C25H29N3O4. The van der Waals surface area contributed by atoms with Crippen LogP contribution in [-0.2, 0) is 16.1 Å². The molecule has 0 atom stereocenters. The summed E-state index contributed by atoms with van der Waals surface area (Å²) in [7, 11) is 0. The first-order chi connectivity index (χ1) is 15.5. The summed E-state index contributed by atoms with van der Waals surface area (Å²) < 4.78 is 10.9. The third-order valence-corrected chi connectivity index (χ3v) is 5.68. The SMILES string of the molecule is CCOC(=O)CNC(=O)N1CCN(Cc2cc3cc(-c4ccc(C)cc4)ccc3o2)CC1. The Morgan fingerprint density at radius 1 is 1.00 bits per heavy atom. The molecule has 0 saturated carbocycles. The number of nitrogens with zero attached hydrogens (tertiary/aromatic N) is 2. The first kappa shape index (κ1) is 21.9. The van der Waals surface area contributed by atoms with Crippen LogP contribution in [0.25, 0.3) is 22.1 Å². The second kappa shape index (κ2) is 9.87. The summed E-state index contributed by atoms with van der Waals surface area (Å²) in [6.07, 6.45) is 0. The lowest BCUT2D eigenvalue weighted by Crippen LogP contribution is -2.52. The fourth-order valence-electron chi connectivity index (χ4n) is 3.90. The molecule has 1 N–H and O–H groups in total. The van der Waals surface area contributed by atoms with Crippen molar-refractivity contribution in [2.24, 2.45) is 0 Å². The molecule has 0 radical (unpaired) electrons. The maximum atomic E-state index is 12.2. The predicted molar refractivity (Wildman–Crippen MR) is 123 cm³/mol. The number of hydrogen-bond donors (Lipinski definition) is 1. The van der Waals surface area contributed by atoms with Crippen LogP contribution in [0, 0.1) is 6.92 Å². The number of furan rings is 1. The van der Waals surface area contributed by atoms with Crippen LogP contribution in [0.2, 0.25) is 0 Å². The molecule has 1 saturated heterocycles. The van der Waals surface area contributed by atoms with Crippen LogP contribution >= 0.6 is 0 Å². The van der Waals surface area contributed by atoms with Gasteiger partial charge in [0.1, 0.15) is 17.9 Å². The highest BCUT2D eigenvalue weighted by Gasteiger charge is 2.22. The molecule has 7 heteroatoms. The highest BCUT2D eigenvalue weighted by atomic mass is 16.5. The largest absolute Gasteiger partial charge is 0.465 e. The lowest BCUT2D eigenvalue weighted by molar-refractivity contribution is -0.141. The summed E-state index contributed by atoms with van der Waals surface area (Å²) in [6, 6.07) is 16.7. The van der Waals surface area contributed by atoms with E-state index < -0.39 is 5.97 Å². The van der Waals surface area contributed by atoms with E-state index in [-0.39, 0.29) is 12.6 Å². The summed E-state index contributed by atoms with van der Waals surface area (Å²) in [6.45, 7) is 7.44. The number of rotatable bonds is 6. The fourth-order valence-corrected chi connectivity index (χ4v) is 3.90. The third-order valence-electron chi connectivity index (χ3n) is 5.68. The van der Waals surface area contributed by atoms with Crippen molar-refractivity contribution < 1.29 is 18.7 Å². The number of fused-ring (bicyclic) bond motifs is 1. The Balaban J connectivity index is 1.32. The average Bonchev–Trinajstić information content (AvgIpc) is 3.20. The van der Waals surface area contributed by atoms with Gasteiger partial charge in [-0.1, -0.05) is 35.9 Å². The Hall–Kier alpha value is -3.32. The number of nitrogens with one attached hydrogen (secondary N) is 1. The number of piperazine rings is 1. The van der Waals surface area contributed by atoms with Gasteiger partial charge in [-0.05, 0) is 43.2 Å². The number of hydrogen-bond acceptors (Lipinski definition) is 5. The van der Waals surface area contributed by atoms with Gasteiger partial charge in [0.2, 0.25) is 0 Å². The molecule has 1 aliphatic heterocycles. The molecule has 0 aliphatic carbocycles. The van der Waals surface area contributed by atoms with Crippen molar-refractivity contribution in [2.75, 3.05) is 39.3 Å². The summed E-state index contributed by atoms with van der Waals surface area (Å²) in [5.41, 5.74) is 4.50. The first-order valence-corrected chi connectivity index (χ1v) is 11.0. The van der Waals surface area contributed by atoms with Crippen LogP contribution in [0.15, 0.2) is 52.9 Å². The highest BCUT2D eigenvalue weighted by Crippen LogP contribution is 2.27. The van der Waals surface area contributed by atoms with E-state index in [1.165, 1.54) is 16.7 Å². The zero-order valence-corrected chi connectivity index (χ0v) is 18.6. The number of esters is 1. The molecule has 1 aliphatic rings. The number of carbonyl (C=O) groups is 2. The van der Waals surface area contributed by atoms with Crippen molar-refractivity contribution in [1.29, 1.82) is 0 Å². The predicted octanol–water partition coefficient (Wildman–Crippen LogP) is 3.80. The lowest BCUT2D eigenvalue weighted by Gasteiger charge is -2.34. The fraction of sp³-hybridized carbons (Fsp3) is 0.360. The van der Waals surface area contributed by atoms with Crippen molar-refractivity contribution >= 4 is 23.0 Å². The van der Waals surface area contributed by atoms with Crippen LogP contribution in [0.4, 0.5) is 4.79 Å². The molecule has 2 amide bonds. The van der Waals surface area contributed by atoms with Gasteiger partial charge in [0.15, 0.2) is 0 Å². The van der Waals surface area contributed by atoms with E-state index in [0.717, 1.165) is 29.8 Å². The van der Waals surface area contributed by atoms with Gasteiger partial charge in [-0.3, -0.25) is 9.69 Å². The van der Waals surface area contributed by atoms with Crippen molar-refractivity contribution in [3.63, 3.8) is 0 Å². The number of aryl methyl sites for hydroxylation is 1. The summed E-state index contributed by atoms with van der Waals surface area (Å²) >= 11 is 0. The summed E-state index contributed by atoms with van der Waals surface area (Å²) in [5, 5.41) is 3.71. The van der Waals surface area contributed by atoms with Gasteiger partial charge < -0.3 is 19.4 Å². The van der Waals surface area contributed by atoms with Gasteiger partial charge >= 0.3 is 12.0 Å². The van der Waals surface area contributed by atoms with Crippen molar-refractivity contribution in [2.45, 2.75) is 20.4 Å². The molecule has 2 heterocycles. The van der Waals surface area contributed by atoms with Gasteiger partial charge in [0, 0.05) is 31.6 Å². The molecule has 1 fully saturated rings. The van der Waals surface area contributed by atoms with Crippen LogP contribution in [-0.4, -0.2) is 61.1 Å². The molecule has 7 nitrogen and oxygen atoms in total. The number of carbonyl (C=O) groups excluding carboxylic acids is 2. The number of ether oxygens (including phenoxy) is 1. The van der Waals surface area contributed by atoms with E-state index in [0.29, 0.717) is 26.2 Å². The Kier molecular flexibility index (Phi) is 6.75. The second-order valence-electron chi connectivity index (χ2n) is 8.06.